The molecule has 2 aromatic carbocycles. The van der Waals surface area contributed by atoms with Crippen molar-refractivity contribution in [3.63, 3.8) is 0 Å². The van der Waals surface area contributed by atoms with Gasteiger partial charge in [-0.15, -0.1) is 11.3 Å². The van der Waals surface area contributed by atoms with Crippen molar-refractivity contribution in [3.05, 3.63) is 97.6 Å². The van der Waals surface area contributed by atoms with Crippen LogP contribution in [-0.4, -0.2) is 36.9 Å². The molecule has 0 fully saturated rings. The molecule has 2 aliphatic rings. The molecule has 0 radical (unpaired) electrons. The topological polar surface area (TPSA) is 94.6 Å². The molecule has 194 valence electrons. The monoisotopic (exact) mass is 529 g/mol. The molecule has 2 atom stereocenters. The first-order chi connectivity index (χ1) is 18.5. The van der Waals surface area contributed by atoms with Gasteiger partial charge in [-0.25, -0.2) is 4.68 Å². The molecule has 1 aliphatic carbocycles. The first kappa shape index (κ1) is 24.1. The lowest BCUT2D eigenvalue weighted by Gasteiger charge is -2.34. The molecule has 1 aliphatic heterocycles. The van der Waals surface area contributed by atoms with Gasteiger partial charge in [0.25, 0.3) is 5.56 Å². The van der Waals surface area contributed by atoms with Gasteiger partial charge in [0.2, 0.25) is 5.75 Å². The lowest BCUT2D eigenvalue weighted by molar-refractivity contribution is -0.116. The van der Waals surface area contributed by atoms with E-state index in [4.69, 9.17) is 14.2 Å². The summed E-state index contributed by atoms with van der Waals surface area (Å²) in [5.74, 6) is 1.34. The number of anilines is 1. The van der Waals surface area contributed by atoms with Crippen molar-refractivity contribution in [2.24, 2.45) is 0 Å². The van der Waals surface area contributed by atoms with Crippen LogP contribution in [0.2, 0.25) is 0 Å². The van der Waals surface area contributed by atoms with Crippen molar-refractivity contribution in [1.82, 2.24) is 9.78 Å². The summed E-state index contributed by atoms with van der Waals surface area (Å²) < 4.78 is 18.5. The minimum Gasteiger partial charge on any atom is -0.493 e. The van der Waals surface area contributed by atoms with Gasteiger partial charge in [0.1, 0.15) is 5.82 Å². The number of nitrogens with one attached hydrogen (secondary N) is 2. The van der Waals surface area contributed by atoms with Gasteiger partial charge in [-0.2, -0.15) is 0 Å². The van der Waals surface area contributed by atoms with Crippen molar-refractivity contribution >= 4 is 22.9 Å². The van der Waals surface area contributed by atoms with E-state index in [-0.39, 0.29) is 17.3 Å². The zero-order valence-electron chi connectivity index (χ0n) is 21.2. The maximum absolute atomic E-state index is 14.0. The van der Waals surface area contributed by atoms with Crippen LogP contribution in [0.5, 0.6) is 17.2 Å². The molecular formula is C29H27N3O5S. The van der Waals surface area contributed by atoms with E-state index < -0.39 is 5.92 Å². The fourth-order valence-corrected chi connectivity index (χ4v) is 6.47. The summed E-state index contributed by atoms with van der Waals surface area (Å²) in [6.45, 7) is 0. The molecule has 2 aromatic heterocycles. The number of carbonyl (C=O) groups excluding carboxylic acids is 1. The number of hydrogen-bond donors (Lipinski definition) is 2. The van der Waals surface area contributed by atoms with Crippen LogP contribution in [0, 0.1) is 0 Å². The summed E-state index contributed by atoms with van der Waals surface area (Å²) in [7, 11) is 4.64. The van der Waals surface area contributed by atoms with Crippen molar-refractivity contribution in [1.29, 1.82) is 0 Å². The number of allylic oxidation sites excluding steroid dienone is 2. The highest BCUT2D eigenvalue weighted by atomic mass is 32.1. The van der Waals surface area contributed by atoms with Crippen molar-refractivity contribution in [2.45, 2.75) is 24.7 Å². The first-order valence-electron chi connectivity index (χ1n) is 12.3. The van der Waals surface area contributed by atoms with Crippen LogP contribution in [0.3, 0.4) is 0 Å². The van der Waals surface area contributed by atoms with Crippen molar-refractivity contribution in [3.8, 4) is 22.9 Å². The number of ether oxygens (including phenoxy) is 3. The van der Waals surface area contributed by atoms with E-state index in [1.807, 2.05) is 47.8 Å². The smallest absolute Gasteiger partial charge is 0.277 e. The third-order valence-electron chi connectivity index (χ3n) is 7.29. The maximum atomic E-state index is 14.0. The summed E-state index contributed by atoms with van der Waals surface area (Å²) >= 11 is 1.66. The second kappa shape index (κ2) is 9.57. The van der Waals surface area contributed by atoms with Crippen LogP contribution in [0.1, 0.15) is 40.7 Å². The number of aromatic nitrogens is 2. The zero-order valence-corrected chi connectivity index (χ0v) is 22.1. The number of H-pyrrole nitrogens is 1. The molecule has 0 saturated carbocycles. The highest BCUT2D eigenvalue weighted by molar-refractivity contribution is 7.10. The summed E-state index contributed by atoms with van der Waals surface area (Å²) in [5, 5.41) is 8.72. The fourth-order valence-electron chi connectivity index (χ4n) is 5.64. The second-order valence-electron chi connectivity index (χ2n) is 9.29. The van der Waals surface area contributed by atoms with E-state index in [2.05, 4.69) is 16.5 Å². The molecule has 9 heteroatoms. The number of fused-ring (bicyclic) bond motifs is 1. The van der Waals surface area contributed by atoms with Gasteiger partial charge in [0, 0.05) is 34.0 Å². The van der Waals surface area contributed by atoms with Crippen LogP contribution in [-0.2, 0) is 4.79 Å². The van der Waals surface area contributed by atoms with Crippen LogP contribution < -0.4 is 25.1 Å². The number of carbonyl (C=O) groups is 1. The van der Waals surface area contributed by atoms with Gasteiger partial charge in [-0.1, -0.05) is 30.3 Å². The number of Topliss-reactive ketones (excluding diaryl/α,β-unsaturated/α-hetero) is 1. The molecule has 0 amide bonds. The van der Waals surface area contributed by atoms with E-state index in [0.717, 1.165) is 5.70 Å². The van der Waals surface area contributed by atoms with E-state index in [9.17, 15) is 9.59 Å². The quantitative estimate of drug-likeness (QED) is 0.356. The molecule has 2 N–H and O–H groups in total. The Labute approximate surface area is 223 Å². The van der Waals surface area contributed by atoms with Crippen molar-refractivity contribution in [2.75, 3.05) is 26.6 Å². The third kappa shape index (κ3) is 3.73. The number of ketones is 1. The number of nitrogens with zero attached hydrogens (tertiary/aromatic N) is 1. The Morgan fingerprint density at radius 2 is 1.68 bits per heavy atom. The highest BCUT2D eigenvalue weighted by Gasteiger charge is 2.43. The molecule has 8 nitrogen and oxygen atoms in total. The first-order valence-corrected chi connectivity index (χ1v) is 13.2. The predicted octanol–water partition coefficient (Wildman–Crippen LogP) is 5.21. The van der Waals surface area contributed by atoms with Crippen LogP contribution in [0.25, 0.3) is 5.69 Å². The van der Waals surface area contributed by atoms with Gasteiger partial charge < -0.3 is 19.5 Å². The summed E-state index contributed by atoms with van der Waals surface area (Å²) in [6.07, 6.45) is 1.03. The van der Waals surface area contributed by atoms with Gasteiger partial charge in [-0.05, 0) is 36.1 Å². The van der Waals surface area contributed by atoms with Gasteiger partial charge in [-0.3, -0.25) is 14.7 Å². The Kier molecular flexibility index (Phi) is 6.07. The Morgan fingerprint density at radius 3 is 2.37 bits per heavy atom. The molecular weight excluding hydrogens is 502 g/mol. The molecule has 6 rings (SSSR count). The zero-order chi connectivity index (χ0) is 26.4. The number of benzene rings is 2. The Morgan fingerprint density at radius 1 is 0.895 bits per heavy atom. The molecule has 0 bridgehead atoms. The normalized spacial score (nSPS) is 18.4. The van der Waals surface area contributed by atoms with Crippen LogP contribution in [0.15, 0.2) is 76.0 Å². The largest absolute Gasteiger partial charge is 0.493 e. The van der Waals surface area contributed by atoms with Crippen LogP contribution >= 0.6 is 11.3 Å². The molecule has 38 heavy (non-hydrogen) atoms. The highest BCUT2D eigenvalue weighted by Crippen LogP contribution is 2.52. The van der Waals surface area contributed by atoms with Crippen molar-refractivity contribution < 1.29 is 19.0 Å². The SMILES string of the molecule is COc1ccc([C@@H]2C3=C(C[C@@H](c4cccs4)CC3=O)Nc3[nH]n(-c4ccccc4)c(=O)c32)c(OC)c1OC. The standard InChI is InChI=1S/C29H27N3O5S/c1-35-21-12-11-18(26(36-2)27(21)37-3)23-24-19(14-16(15-20(24)33)22-10-7-13-38-22)30-28-25(23)29(34)32(31-28)17-8-5-4-6-9-17/h4-13,16,23,30-31H,14-15H2,1-3H3/t16-,23-/m1/s1. The number of hydrogen-bond acceptors (Lipinski definition) is 7. The maximum Gasteiger partial charge on any atom is 0.277 e. The van der Waals surface area contributed by atoms with E-state index in [1.165, 1.54) is 9.56 Å². The van der Waals surface area contributed by atoms with E-state index in [0.29, 0.717) is 58.3 Å². The number of rotatable bonds is 6. The molecule has 0 saturated heterocycles. The lowest BCUT2D eigenvalue weighted by atomic mass is 9.73. The van der Waals surface area contributed by atoms with Gasteiger partial charge >= 0.3 is 0 Å². The summed E-state index contributed by atoms with van der Waals surface area (Å²) in [5.41, 5.74) is 3.00. The lowest BCUT2D eigenvalue weighted by Crippen LogP contribution is -2.32. The number of aromatic amines is 1. The van der Waals surface area contributed by atoms with Gasteiger partial charge in [0.15, 0.2) is 17.3 Å². The summed E-state index contributed by atoms with van der Waals surface area (Å²) in [4.78, 5) is 29.0. The third-order valence-corrected chi connectivity index (χ3v) is 8.33. The number of methoxy groups -OCH3 is 3. The minimum atomic E-state index is -0.651. The summed E-state index contributed by atoms with van der Waals surface area (Å²) in [6, 6.07) is 17.1. The van der Waals surface area contributed by atoms with Crippen LogP contribution in [0.4, 0.5) is 5.82 Å². The molecule has 4 aromatic rings. The molecule has 0 spiro atoms. The average Bonchev–Trinajstić information content (AvgIpc) is 3.60. The van der Waals surface area contributed by atoms with E-state index >= 15 is 0 Å². The Balaban J connectivity index is 1.59. The predicted molar refractivity (Wildman–Crippen MR) is 146 cm³/mol. The van der Waals surface area contributed by atoms with E-state index in [1.54, 1.807) is 38.7 Å². The Bertz CT molecular complexity index is 1600. The number of para-hydroxylation sites is 1. The number of thiophene rings is 1. The second-order valence-corrected chi connectivity index (χ2v) is 10.3. The molecule has 3 heterocycles. The van der Waals surface area contributed by atoms with Gasteiger partial charge in [0.05, 0.1) is 38.5 Å². The minimum absolute atomic E-state index is 0.0106. The Hall–Kier alpha value is -4.24. The fraction of sp³-hybridized carbons (Fsp3) is 0.241. The average molecular weight is 530 g/mol. The molecule has 0 unspecified atom stereocenters.